The van der Waals surface area contributed by atoms with E-state index >= 15 is 0 Å². The Labute approximate surface area is 265 Å². The van der Waals surface area contributed by atoms with Gasteiger partial charge in [-0.05, 0) is 11.1 Å². The van der Waals surface area contributed by atoms with Crippen LogP contribution in [0.1, 0.15) is 28.9 Å². The fraction of sp³-hybridized carbons (Fsp3) is 0.219. The number of benzene rings is 3. The van der Waals surface area contributed by atoms with Gasteiger partial charge in [0.2, 0.25) is 6.10 Å². The van der Waals surface area contributed by atoms with Gasteiger partial charge in [0.05, 0.1) is 5.57 Å². The average molecular weight is 680 g/mol. The number of hydrogen-bond acceptors (Lipinski definition) is 9. The maximum Gasteiger partial charge on any atom is 0.356 e. The molecule has 44 heavy (non-hydrogen) atoms. The van der Waals surface area contributed by atoms with Crippen molar-refractivity contribution in [3.8, 4) is 0 Å². The summed E-state index contributed by atoms with van der Waals surface area (Å²) in [7, 11) is 0. The molecule has 0 spiro atoms. The smallest absolute Gasteiger partial charge is 0.356 e. The highest BCUT2D eigenvalue weighted by Gasteiger charge is 2.56. The quantitative estimate of drug-likeness (QED) is 0.1000. The molecule has 3 aromatic rings. The second-order valence-electron chi connectivity index (χ2n) is 9.68. The van der Waals surface area contributed by atoms with E-state index in [0.717, 1.165) is 4.90 Å². The van der Waals surface area contributed by atoms with Crippen molar-refractivity contribution in [2.45, 2.75) is 23.6 Å². The van der Waals surface area contributed by atoms with Crippen molar-refractivity contribution in [1.82, 2.24) is 10.2 Å². The first kappa shape index (κ1) is 31.0. The minimum atomic E-state index is -1.28. The van der Waals surface area contributed by atoms with Crippen molar-refractivity contribution in [3.05, 3.63) is 119 Å². The standard InChI is InChI=1S/C32H27BrN2O8S/c33-16-17-41-31(39)23-18-44-30-24(34-28(37)27(42-19-36)22-14-8-3-9-15-22)29(38)35(30)25(23)32(40)43-26(20-10-4-1-5-11-20)21-12-6-2-7-13-21/h1-15,19,24,26-27,30H,16-18H2,(H,34,37)/t24?,27?,30-/m0/s1. The van der Waals surface area contributed by atoms with Crippen LogP contribution >= 0.6 is 27.7 Å². The van der Waals surface area contributed by atoms with E-state index in [1.165, 1.54) is 11.8 Å². The SMILES string of the molecule is O=COC(C(=O)NC1C(=O)N2C(C(=O)OC(c3ccccc3)c3ccccc3)=C(C(=O)OCCBr)CS[C@@H]12)c1ccccc1. The molecule has 5 rings (SSSR count). The number of β-lactam (4-membered cyclic amide) rings is 1. The zero-order valence-corrected chi connectivity index (χ0v) is 25.6. The van der Waals surface area contributed by atoms with Gasteiger partial charge in [0.1, 0.15) is 23.7 Å². The second-order valence-corrected chi connectivity index (χ2v) is 11.6. The largest absolute Gasteiger partial charge is 0.461 e. The van der Waals surface area contributed by atoms with Crippen molar-refractivity contribution in [1.29, 1.82) is 0 Å². The molecule has 0 aliphatic carbocycles. The van der Waals surface area contributed by atoms with Crippen molar-refractivity contribution < 1.29 is 38.2 Å². The van der Waals surface area contributed by atoms with Gasteiger partial charge in [-0.25, -0.2) is 9.59 Å². The highest BCUT2D eigenvalue weighted by molar-refractivity contribution is 9.09. The Morgan fingerprint density at radius 1 is 0.909 bits per heavy atom. The molecule has 3 atom stereocenters. The molecule has 2 heterocycles. The van der Waals surface area contributed by atoms with Crippen molar-refractivity contribution in [2.24, 2.45) is 0 Å². The molecule has 0 aromatic heterocycles. The van der Waals surface area contributed by atoms with E-state index in [1.807, 2.05) is 60.7 Å². The molecule has 10 nitrogen and oxygen atoms in total. The first-order valence-corrected chi connectivity index (χ1v) is 15.8. The molecule has 2 unspecified atom stereocenters. The number of hydrogen-bond donors (Lipinski definition) is 1. The van der Waals surface area contributed by atoms with Gasteiger partial charge in [0.15, 0.2) is 6.10 Å². The monoisotopic (exact) mass is 678 g/mol. The third kappa shape index (κ3) is 6.56. The van der Waals surface area contributed by atoms with Crippen LogP contribution < -0.4 is 5.32 Å². The van der Waals surface area contributed by atoms with Crippen LogP contribution in [0.3, 0.4) is 0 Å². The third-order valence-corrected chi connectivity index (χ3v) is 8.58. The molecule has 0 radical (unpaired) electrons. The zero-order valence-electron chi connectivity index (χ0n) is 23.2. The van der Waals surface area contributed by atoms with E-state index in [4.69, 9.17) is 14.2 Å². The Morgan fingerprint density at radius 3 is 2.02 bits per heavy atom. The van der Waals surface area contributed by atoms with Gasteiger partial charge >= 0.3 is 11.9 Å². The molecule has 1 saturated heterocycles. The van der Waals surface area contributed by atoms with Crippen LogP contribution in [0.15, 0.2) is 102 Å². The Hall–Kier alpha value is -4.42. The predicted octanol–water partition coefficient (Wildman–Crippen LogP) is 3.83. The third-order valence-electron chi connectivity index (χ3n) is 6.98. The van der Waals surface area contributed by atoms with Crippen LogP contribution in [0.2, 0.25) is 0 Å². The minimum absolute atomic E-state index is 0.0124. The van der Waals surface area contributed by atoms with E-state index in [-0.39, 0.29) is 30.1 Å². The second kappa shape index (κ2) is 14.4. The number of alkyl halides is 1. The maximum absolute atomic E-state index is 13.9. The molecule has 1 fully saturated rings. The van der Waals surface area contributed by atoms with Crippen LogP contribution in [-0.4, -0.2) is 64.2 Å². The summed E-state index contributed by atoms with van der Waals surface area (Å²) < 4.78 is 16.4. The number of carbonyl (C=O) groups is 5. The molecule has 226 valence electrons. The summed E-state index contributed by atoms with van der Waals surface area (Å²) in [6, 6.07) is 25.5. The Bertz CT molecular complexity index is 1510. The summed E-state index contributed by atoms with van der Waals surface area (Å²) in [5, 5.41) is 2.31. The van der Waals surface area contributed by atoms with Crippen LogP contribution in [0.5, 0.6) is 0 Å². The molecule has 2 aliphatic heterocycles. The number of fused-ring (bicyclic) bond motifs is 1. The van der Waals surface area contributed by atoms with Crippen LogP contribution in [0, 0.1) is 0 Å². The lowest BCUT2D eigenvalue weighted by molar-refractivity contribution is -0.157. The summed E-state index contributed by atoms with van der Waals surface area (Å²) in [4.78, 5) is 66.1. The van der Waals surface area contributed by atoms with Crippen molar-refractivity contribution >= 4 is 57.9 Å². The number of amides is 2. The molecule has 2 aliphatic rings. The number of nitrogens with one attached hydrogen (secondary N) is 1. The summed E-state index contributed by atoms with van der Waals surface area (Å²) >= 11 is 4.41. The zero-order chi connectivity index (χ0) is 31.1. The van der Waals surface area contributed by atoms with E-state index in [9.17, 15) is 24.0 Å². The van der Waals surface area contributed by atoms with Gasteiger partial charge in [0.25, 0.3) is 18.3 Å². The number of carbonyl (C=O) groups excluding carboxylic acids is 5. The molecule has 3 aromatic carbocycles. The minimum Gasteiger partial charge on any atom is -0.461 e. The number of esters is 2. The summed E-state index contributed by atoms with van der Waals surface area (Å²) in [6.07, 6.45) is -2.11. The van der Waals surface area contributed by atoms with Crippen LogP contribution in [0.25, 0.3) is 0 Å². The Balaban J connectivity index is 1.43. The van der Waals surface area contributed by atoms with E-state index < -0.39 is 47.4 Å². The Kier molecular flexibility index (Phi) is 10.1. The lowest BCUT2D eigenvalue weighted by Crippen LogP contribution is -2.71. The highest BCUT2D eigenvalue weighted by Crippen LogP contribution is 2.42. The van der Waals surface area contributed by atoms with Gasteiger partial charge < -0.3 is 19.5 Å². The number of thioether (sulfide) groups is 1. The number of nitrogens with zero attached hydrogens (tertiary/aromatic N) is 1. The Morgan fingerprint density at radius 2 is 1.48 bits per heavy atom. The summed E-state index contributed by atoms with van der Waals surface area (Å²) in [5.74, 6) is -2.93. The number of halogens is 1. The van der Waals surface area contributed by atoms with Crippen LogP contribution in [-0.2, 0) is 38.2 Å². The molecule has 0 saturated carbocycles. The number of ether oxygens (including phenoxy) is 3. The first-order valence-electron chi connectivity index (χ1n) is 13.6. The first-order chi connectivity index (χ1) is 21.4. The molecular formula is C32H27BrN2O8S. The molecular weight excluding hydrogens is 652 g/mol. The van der Waals surface area contributed by atoms with Gasteiger partial charge in [-0.2, -0.15) is 0 Å². The van der Waals surface area contributed by atoms with Crippen LogP contribution in [0.4, 0.5) is 0 Å². The van der Waals surface area contributed by atoms with E-state index in [1.54, 1.807) is 30.3 Å². The summed E-state index contributed by atoms with van der Waals surface area (Å²) in [5.41, 5.74) is 1.57. The lowest BCUT2D eigenvalue weighted by Gasteiger charge is -2.49. The van der Waals surface area contributed by atoms with E-state index in [2.05, 4.69) is 21.2 Å². The van der Waals surface area contributed by atoms with Gasteiger partial charge in [0, 0.05) is 16.6 Å². The fourth-order valence-electron chi connectivity index (χ4n) is 4.93. The lowest BCUT2D eigenvalue weighted by atomic mass is 10.00. The summed E-state index contributed by atoms with van der Waals surface area (Å²) in [6.45, 7) is 0.221. The molecule has 12 heteroatoms. The van der Waals surface area contributed by atoms with Crippen molar-refractivity contribution in [3.63, 3.8) is 0 Å². The van der Waals surface area contributed by atoms with Crippen molar-refractivity contribution in [2.75, 3.05) is 17.7 Å². The topological polar surface area (TPSA) is 128 Å². The molecule has 0 bridgehead atoms. The molecule has 2 amide bonds. The molecule has 1 N–H and O–H groups in total. The number of rotatable bonds is 12. The van der Waals surface area contributed by atoms with E-state index in [0.29, 0.717) is 22.0 Å². The highest BCUT2D eigenvalue weighted by atomic mass is 79.9. The predicted molar refractivity (Wildman–Crippen MR) is 164 cm³/mol. The van der Waals surface area contributed by atoms with Gasteiger partial charge in [-0.15, -0.1) is 11.8 Å². The van der Waals surface area contributed by atoms with Gasteiger partial charge in [-0.1, -0.05) is 107 Å². The maximum atomic E-state index is 13.9. The van der Waals surface area contributed by atoms with Gasteiger partial charge in [-0.3, -0.25) is 19.3 Å². The fourth-order valence-corrected chi connectivity index (χ4v) is 6.42. The average Bonchev–Trinajstić information content (AvgIpc) is 3.07. The normalized spacial score (nSPS) is 18.0.